The van der Waals surface area contributed by atoms with Gasteiger partial charge in [-0.15, -0.1) is 0 Å². The van der Waals surface area contributed by atoms with Crippen molar-refractivity contribution in [3.8, 4) is 0 Å². The van der Waals surface area contributed by atoms with Crippen LogP contribution >= 0.6 is 0 Å². The Morgan fingerprint density at radius 1 is 0.913 bits per heavy atom. The van der Waals surface area contributed by atoms with Crippen molar-refractivity contribution in [2.24, 2.45) is 0 Å². The van der Waals surface area contributed by atoms with Gasteiger partial charge in [0.1, 0.15) is 11.4 Å². The predicted molar refractivity (Wildman–Crippen MR) is 99.5 cm³/mol. The van der Waals surface area contributed by atoms with Gasteiger partial charge < -0.3 is 10.6 Å². The quantitative estimate of drug-likeness (QED) is 0.484. The van der Waals surface area contributed by atoms with E-state index in [4.69, 9.17) is 0 Å². The Morgan fingerprint density at radius 2 is 1.52 bits per heavy atom. The van der Waals surface area contributed by atoms with E-state index in [9.17, 15) is 9.59 Å². The number of hydrogen-bond donors (Lipinski definition) is 2. The van der Waals surface area contributed by atoms with E-state index < -0.39 is 10.9 Å². The molecule has 1 aromatic rings. The summed E-state index contributed by atoms with van der Waals surface area (Å²) >= 11 is 0. The molecule has 0 saturated heterocycles. The lowest BCUT2D eigenvalue weighted by atomic mass is 10.0. The second kappa shape index (κ2) is 9.06. The zero-order valence-electron chi connectivity index (χ0n) is 15.4. The molecular formula is C18H33N3O2. The third-order valence-electron chi connectivity index (χ3n) is 4.30. The van der Waals surface area contributed by atoms with Gasteiger partial charge in [0, 0.05) is 25.7 Å². The molecule has 132 valence electrons. The van der Waals surface area contributed by atoms with Crippen LogP contribution in [0.15, 0.2) is 9.59 Å². The van der Waals surface area contributed by atoms with E-state index in [0.717, 1.165) is 19.5 Å². The van der Waals surface area contributed by atoms with Gasteiger partial charge in [0.25, 0.3) is 10.9 Å². The van der Waals surface area contributed by atoms with Gasteiger partial charge in [0.2, 0.25) is 0 Å². The second-order valence-corrected chi connectivity index (χ2v) is 7.16. The smallest absolute Gasteiger partial charge is 0.253 e. The minimum Gasteiger partial charge on any atom is -0.383 e. The number of hydrogen-bond acceptors (Lipinski definition) is 5. The van der Waals surface area contributed by atoms with Crippen LogP contribution in [-0.4, -0.2) is 37.1 Å². The van der Waals surface area contributed by atoms with E-state index in [-0.39, 0.29) is 5.54 Å². The number of nitrogens with zero attached hydrogens (tertiary/aromatic N) is 1. The van der Waals surface area contributed by atoms with Crippen LogP contribution in [0.2, 0.25) is 0 Å². The van der Waals surface area contributed by atoms with Gasteiger partial charge in [0.05, 0.1) is 0 Å². The lowest BCUT2D eigenvalue weighted by Crippen LogP contribution is -2.43. The lowest BCUT2D eigenvalue weighted by molar-refractivity contribution is 0.133. The molecule has 0 atom stereocenters. The molecule has 0 fully saturated rings. The summed E-state index contributed by atoms with van der Waals surface area (Å²) in [7, 11) is 1.67. The molecule has 0 radical (unpaired) electrons. The standard InChI is InChI=1S/C18H33N3O2/c1-6-7-8-9-12-21(18(2,3)4)13-10-11-20-15-14(19-5)16(22)17(15)23/h19-20H,6-13H2,1-5H3. The molecule has 23 heavy (non-hydrogen) atoms. The summed E-state index contributed by atoms with van der Waals surface area (Å²) in [4.78, 5) is 25.3. The fraction of sp³-hybridized carbons (Fsp3) is 0.778. The first-order chi connectivity index (χ1) is 10.8. The van der Waals surface area contributed by atoms with Gasteiger partial charge in [0.15, 0.2) is 0 Å². The lowest BCUT2D eigenvalue weighted by Gasteiger charge is -2.36. The van der Waals surface area contributed by atoms with E-state index >= 15 is 0 Å². The van der Waals surface area contributed by atoms with E-state index in [1.165, 1.54) is 25.7 Å². The largest absolute Gasteiger partial charge is 0.383 e. The van der Waals surface area contributed by atoms with Crippen molar-refractivity contribution in [3.05, 3.63) is 20.4 Å². The van der Waals surface area contributed by atoms with Crippen molar-refractivity contribution in [1.82, 2.24) is 4.90 Å². The molecule has 0 saturated carbocycles. The van der Waals surface area contributed by atoms with Crippen LogP contribution in [0, 0.1) is 0 Å². The summed E-state index contributed by atoms with van der Waals surface area (Å²) in [5, 5.41) is 5.89. The van der Waals surface area contributed by atoms with E-state index in [1.54, 1.807) is 7.05 Å². The van der Waals surface area contributed by atoms with Gasteiger partial charge in [-0.3, -0.25) is 14.5 Å². The van der Waals surface area contributed by atoms with Gasteiger partial charge >= 0.3 is 0 Å². The molecule has 0 spiro atoms. The summed E-state index contributed by atoms with van der Waals surface area (Å²) < 4.78 is 0. The van der Waals surface area contributed by atoms with Crippen molar-refractivity contribution >= 4 is 11.4 Å². The molecular weight excluding hydrogens is 290 g/mol. The number of nitrogens with one attached hydrogen (secondary N) is 2. The molecule has 0 unspecified atom stereocenters. The average Bonchev–Trinajstić information content (AvgIpc) is 2.50. The minimum atomic E-state index is -0.415. The maximum absolute atomic E-state index is 11.5. The topological polar surface area (TPSA) is 61.4 Å². The monoisotopic (exact) mass is 323 g/mol. The van der Waals surface area contributed by atoms with Crippen LogP contribution in [0.1, 0.15) is 59.8 Å². The Morgan fingerprint density at radius 3 is 2.09 bits per heavy atom. The fourth-order valence-electron chi connectivity index (χ4n) is 2.79. The van der Waals surface area contributed by atoms with E-state index in [0.29, 0.717) is 17.9 Å². The summed E-state index contributed by atoms with van der Waals surface area (Å²) in [5.41, 5.74) is 0.206. The summed E-state index contributed by atoms with van der Waals surface area (Å²) in [6, 6.07) is 0. The fourth-order valence-corrected chi connectivity index (χ4v) is 2.79. The van der Waals surface area contributed by atoms with E-state index in [1.807, 2.05) is 0 Å². The molecule has 5 heteroatoms. The van der Waals surface area contributed by atoms with E-state index in [2.05, 4.69) is 43.2 Å². The molecule has 5 nitrogen and oxygen atoms in total. The first kappa shape index (κ1) is 19.7. The highest BCUT2D eigenvalue weighted by Crippen LogP contribution is 2.16. The number of rotatable bonds is 11. The third-order valence-corrected chi connectivity index (χ3v) is 4.30. The minimum absolute atomic E-state index is 0.157. The Kier molecular flexibility index (Phi) is 7.76. The van der Waals surface area contributed by atoms with Crippen LogP contribution in [0.25, 0.3) is 0 Å². The molecule has 1 aromatic carbocycles. The summed E-state index contributed by atoms with van der Waals surface area (Å²) in [6.07, 6.45) is 6.04. The molecule has 1 rings (SSSR count). The molecule has 0 bridgehead atoms. The van der Waals surface area contributed by atoms with Crippen LogP contribution < -0.4 is 21.5 Å². The van der Waals surface area contributed by atoms with Crippen molar-refractivity contribution < 1.29 is 0 Å². The van der Waals surface area contributed by atoms with Gasteiger partial charge in [-0.05, 0) is 40.2 Å². The first-order valence-corrected chi connectivity index (χ1v) is 8.82. The van der Waals surface area contributed by atoms with Crippen LogP contribution in [-0.2, 0) is 0 Å². The van der Waals surface area contributed by atoms with Gasteiger partial charge in [-0.2, -0.15) is 0 Å². The average molecular weight is 323 g/mol. The second-order valence-electron chi connectivity index (χ2n) is 7.16. The first-order valence-electron chi connectivity index (χ1n) is 8.82. The number of anilines is 2. The molecule has 0 heterocycles. The van der Waals surface area contributed by atoms with Crippen molar-refractivity contribution in [1.29, 1.82) is 0 Å². The Balaban J connectivity index is 2.39. The Bertz CT molecular complexity index is 539. The highest BCUT2D eigenvalue weighted by atomic mass is 16.2. The number of unbranched alkanes of at least 4 members (excludes halogenated alkanes) is 3. The molecule has 0 aliphatic rings. The maximum Gasteiger partial charge on any atom is 0.253 e. The van der Waals surface area contributed by atoms with Crippen LogP contribution in [0.3, 0.4) is 0 Å². The molecule has 2 N–H and O–H groups in total. The highest BCUT2D eigenvalue weighted by molar-refractivity contribution is 5.73. The Labute approximate surface area is 140 Å². The molecule has 0 aromatic heterocycles. The summed E-state index contributed by atoms with van der Waals surface area (Å²) in [6.45, 7) is 11.8. The van der Waals surface area contributed by atoms with Crippen LogP contribution in [0.5, 0.6) is 0 Å². The van der Waals surface area contributed by atoms with Gasteiger partial charge in [-0.1, -0.05) is 26.2 Å². The van der Waals surface area contributed by atoms with Crippen molar-refractivity contribution in [3.63, 3.8) is 0 Å². The normalized spacial score (nSPS) is 12.1. The molecule has 0 aliphatic carbocycles. The SMILES string of the molecule is CCCCCCN(CCCNc1c(NC)c(=O)c1=O)C(C)(C)C. The molecule has 0 aliphatic heterocycles. The third kappa shape index (κ3) is 5.65. The summed E-state index contributed by atoms with van der Waals surface area (Å²) in [5.74, 6) is 0. The van der Waals surface area contributed by atoms with Crippen molar-refractivity contribution in [2.45, 2.75) is 65.3 Å². The molecule has 0 amide bonds. The zero-order chi connectivity index (χ0) is 17.5. The van der Waals surface area contributed by atoms with Crippen LogP contribution in [0.4, 0.5) is 11.4 Å². The predicted octanol–water partition coefficient (Wildman–Crippen LogP) is 2.81. The zero-order valence-corrected chi connectivity index (χ0v) is 15.4. The highest BCUT2D eigenvalue weighted by Gasteiger charge is 2.21. The Hall–Kier alpha value is -1.36. The maximum atomic E-state index is 11.5. The van der Waals surface area contributed by atoms with Crippen molar-refractivity contribution in [2.75, 3.05) is 37.3 Å². The van der Waals surface area contributed by atoms with Gasteiger partial charge in [-0.25, -0.2) is 0 Å².